The average molecular weight is 216 g/mol. The van der Waals surface area contributed by atoms with Crippen molar-refractivity contribution in [1.29, 1.82) is 0 Å². The maximum absolute atomic E-state index is 10.4. The maximum Gasteiger partial charge on any atom is 0.305 e. The first kappa shape index (κ1) is 14.4. The Kier molecular flexibility index (Phi) is 8.38. The fourth-order valence-electron chi connectivity index (χ4n) is 1.62. The van der Waals surface area contributed by atoms with Gasteiger partial charge < -0.3 is 9.84 Å². The zero-order chi connectivity index (χ0) is 11.7. The second-order valence-corrected chi connectivity index (χ2v) is 4.20. The number of unbranched alkanes of at least 4 members (excludes halogenated alkanes) is 3. The number of rotatable bonds is 9. The number of carboxylic acid groups (broad SMARTS) is 1. The standard InChI is InChI=1S/C12H24O3/c1-4-5-6-7-8-10(2)15-11(3)9-12(13)14/h10-11H,4-9H2,1-3H3,(H,13,14)/t10?,11-/m0/s1. The molecule has 0 saturated heterocycles. The lowest BCUT2D eigenvalue weighted by Gasteiger charge is -2.17. The molecule has 0 aromatic heterocycles. The molecule has 0 aliphatic carbocycles. The minimum absolute atomic E-state index is 0.0965. The third-order valence-electron chi connectivity index (χ3n) is 2.39. The molecule has 0 spiro atoms. The molecule has 1 unspecified atom stereocenters. The van der Waals surface area contributed by atoms with Crippen molar-refractivity contribution in [1.82, 2.24) is 0 Å². The first-order valence-corrected chi connectivity index (χ1v) is 5.93. The molecule has 15 heavy (non-hydrogen) atoms. The van der Waals surface area contributed by atoms with Crippen LogP contribution < -0.4 is 0 Å². The Balaban J connectivity index is 3.46. The summed E-state index contributed by atoms with van der Waals surface area (Å²) in [6.45, 7) is 6.02. The van der Waals surface area contributed by atoms with Crippen LogP contribution in [0.5, 0.6) is 0 Å². The van der Waals surface area contributed by atoms with Gasteiger partial charge in [0.05, 0.1) is 18.6 Å². The third kappa shape index (κ3) is 9.73. The predicted molar refractivity (Wildman–Crippen MR) is 61.0 cm³/mol. The zero-order valence-electron chi connectivity index (χ0n) is 10.2. The third-order valence-corrected chi connectivity index (χ3v) is 2.39. The molecule has 0 rings (SSSR count). The number of ether oxygens (including phenoxy) is 1. The van der Waals surface area contributed by atoms with E-state index in [2.05, 4.69) is 6.92 Å². The summed E-state index contributed by atoms with van der Waals surface area (Å²) in [6, 6.07) is 0. The highest BCUT2D eigenvalue weighted by atomic mass is 16.5. The molecule has 3 nitrogen and oxygen atoms in total. The van der Waals surface area contributed by atoms with Crippen molar-refractivity contribution in [3.05, 3.63) is 0 Å². The van der Waals surface area contributed by atoms with E-state index in [0.717, 1.165) is 6.42 Å². The highest BCUT2D eigenvalue weighted by molar-refractivity contribution is 5.67. The Morgan fingerprint density at radius 2 is 1.87 bits per heavy atom. The van der Waals surface area contributed by atoms with E-state index in [-0.39, 0.29) is 18.6 Å². The molecule has 0 radical (unpaired) electrons. The molecule has 3 heteroatoms. The van der Waals surface area contributed by atoms with Gasteiger partial charge in [0.15, 0.2) is 0 Å². The van der Waals surface area contributed by atoms with Crippen molar-refractivity contribution in [3.8, 4) is 0 Å². The van der Waals surface area contributed by atoms with Crippen LogP contribution in [0.25, 0.3) is 0 Å². The van der Waals surface area contributed by atoms with Gasteiger partial charge in [-0.2, -0.15) is 0 Å². The molecule has 0 saturated carbocycles. The molecule has 0 aromatic carbocycles. The summed E-state index contributed by atoms with van der Waals surface area (Å²) in [4.78, 5) is 10.4. The van der Waals surface area contributed by atoms with Crippen molar-refractivity contribution >= 4 is 5.97 Å². The largest absolute Gasteiger partial charge is 0.481 e. The molecule has 1 N–H and O–H groups in total. The van der Waals surface area contributed by atoms with E-state index >= 15 is 0 Å². The fraction of sp³-hybridized carbons (Fsp3) is 0.917. The molecule has 0 amide bonds. The summed E-state index contributed by atoms with van der Waals surface area (Å²) in [5.74, 6) is -0.791. The van der Waals surface area contributed by atoms with Crippen LogP contribution in [0, 0.1) is 0 Å². The number of aliphatic carboxylic acids is 1. The van der Waals surface area contributed by atoms with Crippen LogP contribution in [0.4, 0.5) is 0 Å². The second kappa shape index (κ2) is 8.72. The van der Waals surface area contributed by atoms with Gasteiger partial charge in [-0.3, -0.25) is 4.79 Å². The van der Waals surface area contributed by atoms with E-state index in [1.807, 2.05) is 13.8 Å². The quantitative estimate of drug-likeness (QED) is 0.602. The Labute approximate surface area is 92.8 Å². The summed E-state index contributed by atoms with van der Waals surface area (Å²) in [6.07, 6.45) is 6.07. The van der Waals surface area contributed by atoms with Gasteiger partial charge >= 0.3 is 5.97 Å². The van der Waals surface area contributed by atoms with Crippen LogP contribution in [0.15, 0.2) is 0 Å². The predicted octanol–water partition coefficient (Wildman–Crippen LogP) is 3.23. The fourth-order valence-corrected chi connectivity index (χ4v) is 1.62. The Hall–Kier alpha value is -0.570. The minimum Gasteiger partial charge on any atom is -0.481 e. The average Bonchev–Trinajstić information content (AvgIpc) is 2.10. The number of hydrogen-bond acceptors (Lipinski definition) is 2. The topological polar surface area (TPSA) is 46.5 Å². The van der Waals surface area contributed by atoms with Crippen molar-refractivity contribution in [2.24, 2.45) is 0 Å². The minimum atomic E-state index is -0.791. The Morgan fingerprint density at radius 3 is 2.40 bits per heavy atom. The summed E-state index contributed by atoms with van der Waals surface area (Å²) >= 11 is 0. The molecule has 0 fully saturated rings. The van der Waals surface area contributed by atoms with Crippen LogP contribution in [0.1, 0.15) is 59.3 Å². The van der Waals surface area contributed by atoms with Crippen molar-refractivity contribution in [2.75, 3.05) is 0 Å². The monoisotopic (exact) mass is 216 g/mol. The van der Waals surface area contributed by atoms with Crippen LogP contribution >= 0.6 is 0 Å². The Bertz CT molecular complexity index is 168. The molecule has 0 heterocycles. The van der Waals surface area contributed by atoms with Gasteiger partial charge in [0.1, 0.15) is 0 Å². The lowest BCUT2D eigenvalue weighted by atomic mass is 10.1. The van der Waals surface area contributed by atoms with Gasteiger partial charge in [0.25, 0.3) is 0 Å². The highest BCUT2D eigenvalue weighted by Gasteiger charge is 2.11. The SMILES string of the molecule is CCCCCCC(C)O[C@@H](C)CC(=O)O. The van der Waals surface area contributed by atoms with E-state index in [1.165, 1.54) is 25.7 Å². The lowest BCUT2D eigenvalue weighted by Crippen LogP contribution is -2.20. The van der Waals surface area contributed by atoms with Gasteiger partial charge in [-0.05, 0) is 20.3 Å². The van der Waals surface area contributed by atoms with E-state index in [1.54, 1.807) is 0 Å². The van der Waals surface area contributed by atoms with E-state index in [4.69, 9.17) is 9.84 Å². The Morgan fingerprint density at radius 1 is 1.20 bits per heavy atom. The number of hydrogen-bond donors (Lipinski definition) is 1. The van der Waals surface area contributed by atoms with Crippen molar-refractivity contribution < 1.29 is 14.6 Å². The summed E-state index contributed by atoms with van der Waals surface area (Å²) in [7, 11) is 0. The van der Waals surface area contributed by atoms with Crippen LogP contribution in [0.2, 0.25) is 0 Å². The number of carbonyl (C=O) groups is 1. The normalized spacial score (nSPS) is 14.9. The van der Waals surface area contributed by atoms with Gasteiger partial charge in [-0.15, -0.1) is 0 Å². The van der Waals surface area contributed by atoms with Crippen LogP contribution in [-0.4, -0.2) is 23.3 Å². The zero-order valence-corrected chi connectivity index (χ0v) is 10.2. The van der Waals surface area contributed by atoms with E-state index in [0.29, 0.717) is 0 Å². The molecule has 2 atom stereocenters. The molecule has 0 aliphatic heterocycles. The molecular weight excluding hydrogens is 192 g/mol. The first-order chi connectivity index (χ1) is 7.06. The van der Waals surface area contributed by atoms with Crippen LogP contribution in [0.3, 0.4) is 0 Å². The van der Waals surface area contributed by atoms with Gasteiger partial charge in [0, 0.05) is 0 Å². The van der Waals surface area contributed by atoms with Gasteiger partial charge in [-0.1, -0.05) is 32.6 Å². The summed E-state index contributed by atoms with van der Waals surface area (Å²) in [5.41, 5.74) is 0. The molecular formula is C12H24O3. The summed E-state index contributed by atoms with van der Waals surface area (Å²) in [5, 5.41) is 8.56. The molecule has 0 aliphatic rings. The maximum atomic E-state index is 10.4. The highest BCUT2D eigenvalue weighted by Crippen LogP contribution is 2.10. The molecule has 90 valence electrons. The number of carboxylic acids is 1. The lowest BCUT2D eigenvalue weighted by molar-refractivity contribution is -0.140. The van der Waals surface area contributed by atoms with Crippen LogP contribution in [-0.2, 0) is 9.53 Å². The van der Waals surface area contributed by atoms with Crippen molar-refractivity contribution in [3.63, 3.8) is 0 Å². The first-order valence-electron chi connectivity index (χ1n) is 5.93. The second-order valence-electron chi connectivity index (χ2n) is 4.20. The summed E-state index contributed by atoms with van der Waals surface area (Å²) < 4.78 is 5.56. The van der Waals surface area contributed by atoms with Gasteiger partial charge in [0.2, 0.25) is 0 Å². The molecule has 0 aromatic rings. The van der Waals surface area contributed by atoms with E-state index in [9.17, 15) is 4.79 Å². The van der Waals surface area contributed by atoms with Crippen molar-refractivity contribution in [2.45, 2.75) is 71.5 Å². The smallest absolute Gasteiger partial charge is 0.305 e. The van der Waals surface area contributed by atoms with Gasteiger partial charge in [-0.25, -0.2) is 0 Å². The molecule has 0 bridgehead atoms. The van der Waals surface area contributed by atoms with E-state index < -0.39 is 5.97 Å².